The number of likely N-dealkylation sites (tertiary alicyclic amines) is 1. The molecule has 1 saturated heterocycles. The summed E-state index contributed by atoms with van der Waals surface area (Å²) in [7, 11) is 1.82. The van der Waals surface area contributed by atoms with Gasteiger partial charge in [0.2, 0.25) is 5.91 Å². The maximum Gasteiger partial charge on any atom is 0.276 e. The summed E-state index contributed by atoms with van der Waals surface area (Å²) in [6, 6.07) is 7.94. The predicted octanol–water partition coefficient (Wildman–Crippen LogP) is 2.70. The standard InChI is InChI=1S/C21H23N3O3/c1-23-16-9-4-3-8-15(16)21(20(23)26)11-6-12-24(13-21)19(25)18-14-7-2-5-10-17(14)27-22-18/h3-4,8-9H,2,5-7,10-13H2,1H3. The van der Waals surface area contributed by atoms with E-state index in [0.717, 1.165) is 61.1 Å². The number of hydrogen-bond donors (Lipinski definition) is 0. The second-order valence-corrected chi connectivity index (χ2v) is 7.93. The highest BCUT2D eigenvalue weighted by Crippen LogP contribution is 2.46. The Kier molecular flexibility index (Phi) is 3.64. The van der Waals surface area contributed by atoms with Gasteiger partial charge in [-0.2, -0.15) is 0 Å². The van der Waals surface area contributed by atoms with Crippen molar-refractivity contribution in [3.05, 3.63) is 46.8 Å². The molecule has 2 aromatic rings. The zero-order valence-electron chi connectivity index (χ0n) is 15.5. The van der Waals surface area contributed by atoms with E-state index in [2.05, 4.69) is 5.16 Å². The highest BCUT2D eigenvalue weighted by atomic mass is 16.5. The molecule has 2 aliphatic heterocycles. The monoisotopic (exact) mass is 365 g/mol. The van der Waals surface area contributed by atoms with E-state index in [0.29, 0.717) is 18.8 Å². The molecule has 0 bridgehead atoms. The van der Waals surface area contributed by atoms with Crippen LogP contribution in [0.3, 0.4) is 0 Å². The van der Waals surface area contributed by atoms with Crippen molar-refractivity contribution in [1.29, 1.82) is 0 Å². The van der Waals surface area contributed by atoms with Crippen LogP contribution in [0.5, 0.6) is 0 Å². The molecule has 0 saturated carbocycles. The van der Waals surface area contributed by atoms with Crippen molar-refractivity contribution >= 4 is 17.5 Å². The summed E-state index contributed by atoms with van der Waals surface area (Å²) in [6.45, 7) is 1.06. The number of nitrogens with zero attached hydrogens (tertiary/aromatic N) is 3. The average molecular weight is 365 g/mol. The summed E-state index contributed by atoms with van der Waals surface area (Å²) in [5.74, 6) is 0.850. The molecule has 1 aromatic carbocycles. The molecule has 6 nitrogen and oxygen atoms in total. The van der Waals surface area contributed by atoms with Gasteiger partial charge in [0.1, 0.15) is 5.76 Å². The van der Waals surface area contributed by atoms with Crippen LogP contribution in [-0.2, 0) is 23.1 Å². The van der Waals surface area contributed by atoms with Crippen molar-refractivity contribution in [3.63, 3.8) is 0 Å². The lowest BCUT2D eigenvalue weighted by Crippen LogP contribution is -2.53. The number of fused-ring (bicyclic) bond motifs is 3. The fourth-order valence-electron chi connectivity index (χ4n) is 5.04. The Morgan fingerprint density at radius 2 is 2.00 bits per heavy atom. The van der Waals surface area contributed by atoms with Crippen LogP contribution in [0.25, 0.3) is 0 Å². The molecule has 6 heteroatoms. The SMILES string of the molecule is CN1C(=O)C2(CCCN(C(=O)c3noc4c3CCCC4)C2)c2ccccc21. The molecule has 1 aromatic heterocycles. The van der Waals surface area contributed by atoms with Crippen molar-refractivity contribution < 1.29 is 14.1 Å². The second-order valence-electron chi connectivity index (χ2n) is 7.93. The van der Waals surface area contributed by atoms with E-state index in [1.165, 1.54) is 0 Å². The second kappa shape index (κ2) is 5.94. The van der Waals surface area contributed by atoms with Gasteiger partial charge < -0.3 is 14.3 Å². The lowest BCUT2D eigenvalue weighted by molar-refractivity contribution is -0.124. The number of carbonyl (C=O) groups is 2. The molecule has 5 rings (SSSR count). The minimum absolute atomic E-state index is 0.0865. The third-order valence-electron chi connectivity index (χ3n) is 6.43. The van der Waals surface area contributed by atoms with Crippen LogP contribution in [0.15, 0.2) is 28.8 Å². The summed E-state index contributed by atoms with van der Waals surface area (Å²) in [6.07, 6.45) is 5.43. The van der Waals surface area contributed by atoms with E-state index in [-0.39, 0.29) is 11.8 Å². The van der Waals surface area contributed by atoms with E-state index in [4.69, 9.17) is 4.52 Å². The molecule has 0 N–H and O–H groups in total. The molecule has 2 amide bonds. The fraction of sp³-hybridized carbons (Fsp3) is 0.476. The number of piperidine rings is 1. The van der Waals surface area contributed by atoms with Crippen molar-refractivity contribution in [2.24, 2.45) is 0 Å². The highest BCUT2D eigenvalue weighted by molar-refractivity contribution is 6.08. The quantitative estimate of drug-likeness (QED) is 0.779. The molecule has 3 heterocycles. The third-order valence-corrected chi connectivity index (χ3v) is 6.43. The van der Waals surface area contributed by atoms with Gasteiger partial charge in [0.15, 0.2) is 5.69 Å². The lowest BCUT2D eigenvalue weighted by atomic mass is 9.75. The van der Waals surface area contributed by atoms with Gasteiger partial charge in [-0.25, -0.2) is 0 Å². The van der Waals surface area contributed by atoms with E-state index >= 15 is 0 Å². The van der Waals surface area contributed by atoms with Crippen LogP contribution in [-0.4, -0.2) is 42.0 Å². The van der Waals surface area contributed by atoms with E-state index in [9.17, 15) is 9.59 Å². The zero-order valence-corrected chi connectivity index (χ0v) is 15.5. The van der Waals surface area contributed by atoms with E-state index < -0.39 is 5.41 Å². The Morgan fingerprint density at radius 3 is 2.89 bits per heavy atom. The summed E-state index contributed by atoms with van der Waals surface area (Å²) in [5, 5.41) is 4.10. The van der Waals surface area contributed by atoms with Crippen molar-refractivity contribution in [3.8, 4) is 0 Å². The number of carbonyl (C=O) groups excluding carboxylic acids is 2. The maximum absolute atomic E-state index is 13.3. The first-order valence-electron chi connectivity index (χ1n) is 9.76. The molecular formula is C21H23N3O3. The van der Waals surface area contributed by atoms with Gasteiger partial charge in [-0.05, 0) is 43.7 Å². The van der Waals surface area contributed by atoms with Crippen LogP contribution in [0.2, 0.25) is 0 Å². The average Bonchev–Trinajstić information content (AvgIpc) is 3.23. The summed E-state index contributed by atoms with van der Waals surface area (Å²) in [5.41, 5.74) is 2.78. The first-order valence-corrected chi connectivity index (χ1v) is 9.76. The molecule has 1 spiro atoms. The van der Waals surface area contributed by atoms with E-state index in [1.807, 2.05) is 36.2 Å². The Balaban J connectivity index is 1.49. The number of likely N-dealkylation sites (N-methyl/N-ethyl adjacent to an activating group) is 1. The van der Waals surface area contributed by atoms with Crippen molar-refractivity contribution in [2.45, 2.75) is 43.9 Å². The summed E-state index contributed by atoms with van der Waals surface area (Å²) >= 11 is 0. The Morgan fingerprint density at radius 1 is 1.19 bits per heavy atom. The van der Waals surface area contributed by atoms with Crippen LogP contribution >= 0.6 is 0 Å². The van der Waals surface area contributed by atoms with Gasteiger partial charge in [0, 0.05) is 37.8 Å². The molecule has 0 radical (unpaired) electrons. The largest absolute Gasteiger partial charge is 0.360 e. The maximum atomic E-state index is 13.3. The predicted molar refractivity (Wildman–Crippen MR) is 99.8 cm³/mol. The van der Waals surface area contributed by atoms with Crippen LogP contribution in [0, 0.1) is 0 Å². The highest BCUT2D eigenvalue weighted by Gasteiger charge is 2.52. The van der Waals surface area contributed by atoms with Gasteiger partial charge in [-0.1, -0.05) is 23.4 Å². The van der Waals surface area contributed by atoms with Gasteiger partial charge in [0.05, 0.1) is 5.41 Å². The van der Waals surface area contributed by atoms with E-state index in [1.54, 1.807) is 4.90 Å². The Labute approximate surface area is 158 Å². The molecule has 140 valence electrons. The Hall–Kier alpha value is -2.63. The number of anilines is 1. The van der Waals surface area contributed by atoms with Crippen LogP contribution in [0.1, 0.15) is 53.1 Å². The van der Waals surface area contributed by atoms with Crippen molar-refractivity contribution in [1.82, 2.24) is 10.1 Å². The van der Waals surface area contributed by atoms with Gasteiger partial charge in [-0.3, -0.25) is 9.59 Å². The first kappa shape index (κ1) is 16.5. The smallest absolute Gasteiger partial charge is 0.276 e. The molecule has 3 aliphatic rings. The molecular weight excluding hydrogens is 342 g/mol. The number of aryl methyl sites for hydroxylation is 1. The topological polar surface area (TPSA) is 66.7 Å². The molecule has 1 fully saturated rings. The first-order chi connectivity index (χ1) is 13.1. The summed E-state index contributed by atoms with van der Waals surface area (Å²) in [4.78, 5) is 30.0. The number of amides is 2. The minimum Gasteiger partial charge on any atom is -0.360 e. The van der Waals surface area contributed by atoms with Crippen molar-refractivity contribution in [2.75, 3.05) is 25.0 Å². The fourth-order valence-corrected chi connectivity index (χ4v) is 5.04. The number of benzene rings is 1. The number of para-hydroxylation sites is 1. The molecule has 27 heavy (non-hydrogen) atoms. The van der Waals surface area contributed by atoms with Gasteiger partial charge in [-0.15, -0.1) is 0 Å². The zero-order chi connectivity index (χ0) is 18.6. The molecule has 1 aliphatic carbocycles. The number of rotatable bonds is 1. The number of hydrogen-bond acceptors (Lipinski definition) is 4. The van der Waals surface area contributed by atoms with Gasteiger partial charge >= 0.3 is 0 Å². The minimum atomic E-state index is -0.636. The Bertz CT molecular complexity index is 935. The molecule has 1 unspecified atom stereocenters. The third kappa shape index (κ3) is 2.28. The van der Waals surface area contributed by atoms with Crippen LogP contribution < -0.4 is 4.90 Å². The number of aromatic nitrogens is 1. The normalized spacial score (nSPS) is 24.3. The van der Waals surface area contributed by atoms with Gasteiger partial charge in [0.25, 0.3) is 5.91 Å². The molecule has 1 atom stereocenters. The van der Waals surface area contributed by atoms with Crippen LogP contribution in [0.4, 0.5) is 5.69 Å². The lowest BCUT2D eigenvalue weighted by Gasteiger charge is -2.39. The summed E-state index contributed by atoms with van der Waals surface area (Å²) < 4.78 is 5.44.